The SMILES string of the molecule is COCCN(C)CCNC(C)c1ccc(N(C)C)cc1. The van der Waals surface area contributed by atoms with E-state index in [0.29, 0.717) is 6.04 Å². The van der Waals surface area contributed by atoms with Gasteiger partial charge >= 0.3 is 0 Å². The third-order valence-corrected chi connectivity index (χ3v) is 3.53. The van der Waals surface area contributed by atoms with Crippen LogP contribution in [0, 0.1) is 0 Å². The van der Waals surface area contributed by atoms with Gasteiger partial charge in [0.15, 0.2) is 0 Å². The predicted molar refractivity (Wildman–Crippen MR) is 86.6 cm³/mol. The molecule has 1 aromatic rings. The fraction of sp³-hybridized carbons (Fsp3) is 0.625. The van der Waals surface area contributed by atoms with Crippen LogP contribution in [0.5, 0.6) is 0 Å². The molecule has 0 aliphatic heterocycles. The Balaban J connectivity index is 2.33. The highest BCUT2D eigenvalue weighted by atomic mass is 16.5. The van der Waals surface area contributed by atoms with Gasteiger partial charge in [0.1, 0.15) is 0 Å². The Labute approximate surface area is 123 Å². The molecule has 1 rings (SSSR count). The summed E-state index contributed by atoms with van der Waals surface area (Å²) in [6, 6.07) is 9.10. The highest BCUT2D eigenvalue weighted by Gasteiger charge is 2.05. The average molecular weight is 279 g/mol. The van der Waals surface area contributed by atoms with E-state index in [9.17, 15) is 0 Å². The molecule has 4 nitrogen and oxygen atoms in total. The lowest BCUT2D eigenvalue weighted by atomic mass is 10.1. The lowest BCUT2D eigenvalue weighted by Gasteiger charge is -2.20. The van der Waals surface area contributed by atoms with Crippen molar-refractivity contribution in [3.8, 4) is 0 Å². The summed E-state index contributed by atoms with van der Waals surface area (Å²) >= 11 is 0. The van der Waals surface area contributed by atoms with Crippen molar-refractivity contribution in [2.45, 2.75) is 13.0 Å². The van der Waals surface area contributed by atoms with E-state index in [1.165, 1.54) is 11.3 Å². The summed E-state index contributed by atoms with van der Waals surface area (Å²) in [6.45, 7) is 5.99. The lowest BCUT2D eigenvalue weighted by Crippen LogP contribution is -2.32. The maximum atomic E-state index is 5.07. The maximum absolute atomic E-state index is 5.07. The molecular formula is C16H29N3O. The second-order valence-electron chi connectivity index (χ2n) is 5.46. The van der Waals surface area contributed by atoms with E-state index >= 15 is 0 Å². The topological polar surface area (TPSA) is 27.7 Å². The first kappa shape index (κ1) is 17.0. The van der Waals surface area contributed by atoms with E-state index in [1.807, 2.05) is 0 Å². The molecule has 1 unspecified atom stereocenters. The Morgan fingerprint density at radius 3 is 2.30 bits per heavy atom. The van der Waals surface area contributed by atoms with Gasteiger partial charge in [-0.1, -0.05) is 12.1 Å². The minimum absolute atomic E-state index is 0.377. The number of anilines is 1. The Kier molecular flexibility index (Phi) is 7.59. The largest absolute Gasteiger partial charge is 0.383 e. The van der Waals surface area contributed by atoms with E-state index < -0.39 is 0 Å². The Hall–Kier alpha value is -1.10. The molecule has 0 aliphatic rings. The van der Waals surface area contributed by atoms with Crippen molar-refractivity contribution >= 4 is 5.69 Å². The summed E-state index contributed by atoms with van der Waals surface area (Å²) in [6.07, 6.45) is 0. The van der Waals surface area contributed by atoms with E-state index in [-0.39, 0.29) is 0 Å². The lowest BCUT2D eigenvalue weighted by molar-refractivity contribution is 0.161. The molecule has 4 heteroatoms. The molecule has 0 aromatic heterocycles. The number of methoxy groups -OCH3 is 1. The van der Waals surface area contributed by atoms with Crippen LogP contribution in [0.3, 0.4) is 0 Å². The van der Waals surface area contributed by atoms with Crippen LogP contribution in [0.25, 0.3) is 0 Å². The van der Waals surface area contributed by atoms with E-state index in [2.05, 4.69) is 67.4 Å². The van der Waals surface area contributed by atoms with Crippen molar-refractivity contribution in [1.29, 1.82) is 0 Å². The molecule has 0 fully saturated rings. The molecule has 0 amide bonds. The Bertz CT molecular complexity index is 364. The first-order chi connectivity index (χ1) is 9.54. The maximum Gasteiger partial charge on any atom is 0.0589 e. The monoisotopic (exact) mass is 279 g/mol. The smallest absolute Gasteiger partial charge is 0.0589 e. The molecule has 0 heterocycles. The molecule has 0 aliphatic carbocycles. The number of hydrogen-bond acceptors (Lipinski definition) is 4. The quantitative estimate of drug-likeness (QED) is 0.748. The molecule has 0 saturated heterocycles. The molecule has 0 radical (unpaired) electrons. The van der Waals surface area contributed by atoms with Gasteiger partial charge < -0.3 is 19.9 Å². The fourth-order valence-electron chi connectivity index (χ4n) is 2.01. The zero-order chi connectivity index (χ0) is 15.0. The van der Waals surface area contributed by atoms with E-state index in [4.69, 9.17) is 4.74 Å². The van der Waals surface area contributed by atoms with Gasteiger partial charge in [-0.15, -0.1) is 0 Å². The van der Waals surface area contributed by atoms with E-state index in [1.54, 1.807) is 7.11 Å². The van der Waals surface area contributed by atoms with Crippen molar-refractivity contribution in [2.24, 2.45) is 0 Å². The van der Waals surface area contributed by atoms with Gasteiger partial charge in [0.2, 0.25) is 0 Å². The summed E-state index contributed by atoms with van der Waals surface area (Å²) in [5, 5.41) is 3.56. The first-order valence-corrected chi connectivity index (χ1v) is 7.22. The Morgan fingerprint density at radius 2 is 1.75 bits per heavy atom. The van der Waals surface area contributed by atoms with Crippen molar-refractivity contribution in [3.05, 3.63) is 29.8 Å². The summed E-state index contributed by atoms with van der Waals surface area (Å²) in [5.74, 6) is 0. The molecule has 1 atom stereocenters. The fourth-order valence-corrected chi connectivity index (χ4v) is 2.01. The van der Waals surface area contributed by atoms with Crippen molar-refractivity contribution in [3.63, 3.8) is 0 Å². The van der Waals surface area contributed by atoms with Crippen LogP contribution in [-0.2, 0) is 4.74 Å². The summed E-state index contributed by atoms with van der Waals surface area (Å²) in [5.41, 5.74) is 2.57. The number of nitrogens with zero attached hydrogens (tertiary/aromatic N) is 2. The molecular weight excluding hydrogens is 250 g/mol. The van der Waals surface area contributed by atoms with Crippen molar-refractivity contribution in [1.82, 2.24) is 10.2 Å². The van der Waals surface area contributed by atoms with Crippen molar-refractivity contribution in [2.75, 3.05) is 59.4 Å². The van der Waals surface area contributed by atoms with Gasteiger partial charge in [-0.2, -0.15) is 0 Å². The van der Waals surface area contributed by atoms with Crippen LogP contribution in [-0.4, -0.2) is 59.4 Å². The number of nitrogens with one attached hydrogen (secondary N) is 1. The second-order valence-corrected chi connectivity index (χ2v) is 5.46. The summed E-state index contributed by atoms with van der Waals surface area (Å²) < 4.78 is 5.07. The molecule has 1 N–H and O–H groups in total. The molecule has 0 bridgehead atoms. The van der Waals surface area contributed by atoms with Gasteiger partial charge in [-0.25, -0.2) is 0 Å². The zero-order valence-corrected chi connectivity index (χ0v) is 13.5. The number of hydrogen-bond donors (Lipinski definition) is 1. The van der Waals surface area contributed by atoms with Gasteiger partial charge in [0, 0.05) is 52.6 Å². The van der Waals surface area contributed by atoms with Crippen LogP contribution >= 0.6 is 0 Å². The number of rotatable bonds is 9. The molecule has 20 heavy (non-hydrogen) atoms. The van der Waals surface area contributed by atoms with Crippen LogP contribution in [0.15, 0.2) is 24.3 Å². The summed E-state index contributed by atoms with van der Waals surface area (Å²) in [7, 11) is 7.99. The highest BCUT2D eigenvalue weighted by molar-refractivity contribution is 5.46. The number of likely N-dealkylation sites (N-methyl/N-ethyl adjacent to an activating group) is 1. The van der Waals surface area contributed by atoms with Crippen LogP contribution in [0.4, 0.5) is 5.69 Å². The second kappa shape index (κ2) is 8.95. The third-order valence-electron chi connectivity index (χ3n) is 3.53. The zero-order valence-electron chi connectivity index (χ0n) is 13.5. The van der Waals surface area contributed by atoms with Gasteiger partial charge in [0.05, 0.1) is 6.61 Å². The molecule has 0 spiro atoms. The number of ether oxygens (including phenoxy) is 1. The van der Waals surface area contributed by atoms with Crippen molar-refractivity contribution < 1.29 is 4.74 Å². The van der Waals surface area contributed by atoms with Gasteiger partial charge in [0.25, 0.3) is 0 Å². The van der Waals surface area contributed by atoms with Gasteiger partial charge in [-0.3, -0.25) is 0 Å². The third kappa shape index (κ3) is 5.90. The minimum atomic E-state index is 0.377. The molecule has 114 valence electrons. The summed E-state index contributed by atoms with van der Waals surface area (Å²) in [4.78, 5) is 4.39. The Morgan fingerprint density at radius 1 is 1.10 bits per heavy atom. The predicted octanol–water partition coefficient (Wildman–Crippen LogP) is 1.98. The standard InChI is InChI=1S/C16H29N3O/c1-14(17-10-11-19(4)12-13-20-5)15-6-8-16(9-7-15)18(2)3/h6-9,14,17H,10-13H2,1-5H3. The van der Waals surface area contributed by atoms with E-state index in [0.717, 1.165) is 26.2 Å². The normalized spacial score (nSPS) is 12.7. The highest BCUT2D eigenvalue weighted by Crippen LogP contribution is 2.17. The molecule has 1 aromatic carbocycles. The van der Waals surface area contributed by atoms with Crippen LogP contribution in [0.2, 0.25) is 0 Å². The first-order valence-electron chi connectivity index (χ1n) is 7.22. The number of benzene rings is 1. The van der Waals surface area contributed by atoms with Crippen LogP contribution < -0.4 is 10.2 Å². The van der Waals surface area contributed by atoms with Gasteiger partial charge in [-0.05, 0) is 31.7 Å². The molecule has 0 saturated carbocycles. The van der Waals surface area contributed by atoms with Crippen LogP contribution in [0.1, 0.15) is 18.5 Å². The minimum Gasteiger partial charge on any atom is -0.383 e. The average Bonchev–Trinajstić information content (AvgIpc) is 2.45.